The first-order valence-electron chi connectivity index (χ1n) is 8.30. The molecule has 1 fully saturated rings. The molecular formula is C18H20FN3O3. The van der Waals surface area contributed by atoms with E-state index in [1.54, 1.807) is 25.1 Å². The Bertz CT molecular complexity index is 810. The summed E-state index contributed by atoms with van der Waals surface area (Å²) in [5.74, 6) is -1.96. The zero-order valence-corrected chi connectivity index (χ0v) is 14.0. The summed E-state index contributed by atoms with van der Waals surface area (Å²) in [6, 6.07) is 6.14. The third-order valence-corrected chi connectivity index (χ3v) is 4.80. The quantitative estimate of drug-likeness (QED) is 0.892. The summed E-state index contributed by atoms with van der Waals surface area (Å²) in [6.07, 6.45) is 4.66. The minimum absolute atomic E-state index is 0.240. The summed E-state index contributed by atoms with van der Waals surface area (Å²) in [5.41, 5.74) is -0.292. The van der Waals surface area contributed by atoms with E-state index < -0.39 is 23.2 Å². The van der Waals surface area contributed by atoms with E-state index in [2.05, 4.69) is 10.4 Å². The first kappa shape index (κ1) is 17.1. The fourth-order valence-electron chi connectivity index (χ4n) is 3.33. The molecular weight excluding hydrogens is 325 g/mol. The standard InChI is InChI=1S/C18H20FN3O3/c1-12-13(11-20-22(12)15-8-4-3-7-14(15)19)16(23)21-18(17(24)25)9-5-2-6-10-18/h3-4,7-8,11H,2,5-6,9-10H2,1H3,(H,21,23)(H,24,25). The number of carbonyl (C=O) groups is 2. The van der Waals surface area contributed by atoms with E-state index in [1.807, 2.05) is 0 Å². The molecule has 0 unspecified atom stereocenters. The molecule has 0 saturated heterocycles. The second kappa shape index (κ2) is 6.66. The first-order chi connectivity index (χ1) is 11.9. The largest absolute Gasteiger partial charge is 0.480 e. The number of benzene rings is 1. The van der Waals surface area contributed by atoms with Gasteiger partial charge in [0.1, 0.15) is 17.0 Å². The van der Waals surface area contributed by atoms with Crippen LogP contribution in [0.2, 0.25) is 0 Å². The van der Waals surface area contributed by atoms with E-state index in [0.29, 0.717) is 18.5 Å². The Morgan fingerprint density at radius 1 is 1.24 bits per heavy atom. The minimum Gasteiger partial charge on any atom is -0.480 e. The van der Waals surface area contributed by atoms with Crippen LogP contribution in [0.4, 0.5) is 4.39 Å². The van der Waals surface area contributed by atoms with Crippen molar-refractivity contribution in [1.82, 2.24) is 15.1 Å². The number of rotatable bonds is 4. The summed E-state index contributed by atoms with van der Waals surface area (Å²) < 4.78 is 15.3. The molecule has 0 aliphatic heterocycles. The second-order valence-corrected chi connectivity index (χ2v) is 6.41. The van der Waals surface area contributed by atoms with Gasteiger partial charge in [0.05, 0.1) is 17.5 Å². The van der Waals surface area contributed by atoms with Crippen molar-refractivity contribution in [3.63, 3.8) is 0 Å². The number of aromatic nitrogens is 2. The number of carbonyl (C=O) groups excluding carboxylic acids is 1. The Kier molecular flexibility index (Phi) is 4.57. The van der Waals surface area contributed by atoms with Gasteiger partial charge in [-0.3, -0.25) is 4.79 Å². The van der Waals surface area contributed by atoms with Gasteiger partial charge in [-0.15, -0.1) is 0 Å². The maximum Gasteiger partial charge on any atom is 0.329 e. The molecule has 1 aliphatic carbocycles. The molecule has 2 aromatic rings. The number of para-hydroxylation sites is 1. The number of nitrogens with one attached hydrogen (secondary N) is 1. The van der Waals surface area contributed by atoms with E-state index in [-0.39, 0.29) is 11.3 Å². The topological polar surface area (TPSA) is 84.2 Å². The van der Waals surface area contributed by atoms with E-state index >= 15 is 0 Å². The highest BCUT2D eigenvalue weighted by molar-refractivity contribution is 5.98. The van der Waals surface area contributed by atoms with Crippen LogP contribution in [0.5, 0.6) is 0 Å². The van der Waals surface area contributed by atoms with Crippen molar-refractivity contribution in [1.29, 1.82) is 0 Å². The average molecular weight is 345 g/mol. The fourth-order valence-corrected chi connectivity index (χ4v) is 3.33. The second-order valence-electron chi connectivity index (χ2n) is 6.41. The van der Waals surface area contributed by atoms with Crippen LogP contribution in [-0.2, 0) is 4.79 Å². The van der Waals surface area contributed by atoms with E-state index in [1.165, 1.54) is 16.9 Å². The summed E-state index contributed by atoms with van der Waals surface area (Å²) in [4.78, 5) is 24.4. The van der Waals surface area contributed by atoms with Gasteiger partial charge in [-0.05, 0) is 31.9 Å². The molecule has 1 saturated carbocycles. The van der Waals surface area contributed by atoms with Gasteiger partial charge in [0.25, 0.3) is 5.91 Å². The predicted molar refractivity (Wildman–Crippen MR) is 89.2 cm³/mol. The summed E-state index contributed by atoms with van der Waals surface area (Å²) in [7, 11) is 0. The molecule has 1 heterocycles. The molecule has 132 valence electrons. The molecule has 6 nitrogen and oxygen atoms in total. The lowest BCUT2D eigenvalue weighted by molar-refractivity contribution is -0.145. The van der Waals surface area contributed by atoms with Gasteiger partial charge in [-0.2, -0.15) is 5.10 Å². The lowest BCUT2D eigenvalue weighted by Gasteiger charge is -2.33. The molecule has 2 N–H and O–H groups in total. The normalized spacial score (nSPS) is 16.4. The number of aliphatic carboxylic acids is 1. The van der Waals surface area contributed by atoms with Crippen molar-refractivity contribution in [3.05, 3.63) is 47.5 Å². The molecule has 0 spiro atoms. The van der Waals surface area contributed by atoms with Crippen LogP contribution < -0.4 is 5.32 Å². The smallest absolute Gasteiger partial charge is 0.329 e. The lowest BCUT2D eigenvalue weighted by atomic mass is 9.81. The number of hydrogen-bond donors (Lipinski definition) is 2. The van der Waals surface area contributed by atoms with Crippen LogP contribution in [0.3, 0.4) is 0 Å². The Morgan fingerprint density at radius 3 is 2.56 bits per heavy atom. The highest BCUT2D eigenvalue weighted by Crippen LogP contribution is 2.29. The monoisotopic (exact) mass is 345 g/mol. The van der Waals surface area contributed by atoms with Gasteiger partial charge in [0.15, 0.2) is 0 Å². The number of amides is 1. The van der Waals surface area contributed by atoms with Crippen LogP contribution >= 0.6 is 0 Å². The molecule has 0 bridgehead atoms. The molecule has 0 atom stereocenters. The van der Waals surface area contributed by atoms with Crippen LogP contribution in [0.1, 0.15) is 48.2 Å². The Morgan fingerprint density at radius 2 is 1.92 bits per heavy atom. The van der Waals surface area contributed by atoms with Gasteiger partial charge in [0.2, 0.25) is 0 Å². The van der Waals surface area contributed by atoms with Crippen molar-refractivity contribution in [3.8, 4) is 5.69 Å². The van der Waals surface area contributed by atoms with Crippen LogP contribution in [0.15, 0.2) is 30.5 Å². The molecule has 7 heteroatoms. The van der Waals surface area contributed by atoms with Gasteiger partial charge >= 0.3 is 5.97 Å². The zero-order valence-electron chi connectivity index (χ0n) is 14.0. The number of carboxylic acids is 1. The fraction of sp³-hybridized carbons (Fsp3) is 0.389. The van der Waals surface area contributed by atoms with Gasteiger partial charge in [-0.1, -0.05) is 31.4 Å². The van der Waals surface area contributed by atoms with Crippen LogP contribution in [0.25, 0.3) is 5.69 Å². The van der Waals surface area contributed by atoms with Crippen LogP contribution in [0, 0.1) is 12.7 Å². The van der Waals surface area contributed by atoms with Crippen molar-refractivity contribution in [2.75, 3.05) is 0 Å². The third kappa shape index (κ3) is 3.14. The van der Waals surface area contributed by atoms with Crippen LogP contribution in [-0.4, -0.2) is 32.3 Å². The first-order valence-corrected chi connectivity index (χ1v) is 8.30. The highest BCUT2D eigenvalue weighted by Gasteiger charge is 2.41. The summed E-state index contributed by atoms with van der Waals surface area (Å²) in [6.45, 7) is 1.66. The summed E-state index contributed by atoms with van der Waals surface area (Å²) in [5, 5.41) is 16.4. The maximum absolute atomic E-state index is 14.0. The van der Waals surface area contributed by atoms with Crippen molar-refractivity contribution >= 4 is 11.9 Å². The zero-order chi connectivity index (χ0) is 18.0. The SMILES string of the molecule is Cc1c(C(=O)NC2(C(=O)O)CCCCC2)cnn1-c1ccccc1F. The number of hydrogen-bond acceptors (Lipinski definition) is 3. The number of nitrogens with zero attached hydrogens (tertiary/aromatic N) is 2. The number of carboxylic acid groups (broad SMARTS) is 1. The molecule has 0 radical (unpaired) electrons. The number of halogens is 1. The van der Waals surface area contributed by atoms with E-state index in [9.17, 15) is 19.1 Å². The van der Waals surface area contributed by atoms with Crippen molar-refractivity contribution in [2.45, 2.75) is 44.6 Å². The predicted octanol–water partition coefficient (Wildman–Crippen LogP) is 2.84. The molecule has 1 amide bonds. The van der Waals surface area contributed by atoms with E-state index in [0.717, 1.165) is 19.3 Å². The third-order valence-electron chi connectivity index (χ3n) is 4.80. The Labute approximate surface area is 144 Å². The Hall–Kier alpha value is -2.70. The van der Waals surface area contributed by atoms with Crippen molar-refractivity contribution < 1.29 is 19.1 Å². The van der Waals surface area contributed by atoms with E-state index in [4.69, 9.17) is 0 Å². The molecule has 1 aromatic carbocycles. The summed E-state index contributed by atoms with van der Waals surface area (Å²) >= 11 is 0. The van der Waals surface area contributed by atoms with Gasteiger partial charge in [0, 0.05) is 0 Å². The molecule has 1 aliphatic rings. The lowest BCUT2D eigenvalue weighted by Crippen LogP contribution is -2.55. The average Bonchev–Trinajstić information content (AvgIpc) is 2.97. The molecule has 1 aromatic heterocycles. The molecule has 3 rings (SSSR count). The highest BCUT2D eigenvalue weighted by atomic mass is 19.1. The molecule has 25 heavy (non-hydrogen) atoms. The minimum atomic E-state index is -1.23. The van der Waals surface area contributed by atoms with Gasteiger partial charge in [-0.25, -0.2) is 13.9 Å². The van der Waals surface area contributed by atoms with Gasteiger partial charge < -0.3 is 10.4 Å². The van der Waals surface area contributed by atoms with Crippen molar-refractivity contribution in [2.24, 2.45) is 0 Å². The maximum atomic E-state index is 14.0. The Balaban J connectivity index is 1.89.